The molecule has 0 aliphatic carbocycles. The van der Waals surface area contributed by atoms with Crippen LogP contribution in [0.4, 0.5) is 11.5 Å². The van der Waals surface area contributed by atoms with Crippen molar-refractivity contribution in [3.63, 3.8) is 0 Å². The van der Waals surface area contributed by atoms with Gasteiger partial charge in [-0.1, -0.05) is 25.5 Å². The summed E-state index contributed by atoms with van der Waals surface area (Å²) in [6, 6.07) is 11.8. The topological polar surface area (TPSA) is 104 Å². The molecule has 1 aromatic carbocycles. The van der Waals surface area contributed by atoms with Crippen LogP contribution in [0.3, 0.4) is 0 Å². The Labute approximate surface area is 178 Å². The van der Waals surface area contributed by atoms with Gasteiger partial charge in [-0.05, 0) is 36.6 Å². The quantitative estimate of drug-likeness (QED) is 0.505. The zero-order valence-electron chi connectivity index (χ0n) is 17.7. The van der Waals surface area contributed by atoms with Crippen molar-refractivity contribution in [1.82, 2.24) is 15.2 Å². The van der Waals surface area contributed by atoms with Crippen LogP contribution in [0.25, 0.3) is 0 Å². The molecule has 0 spiro atoms. The number of benzene rings is 1. The number of hydrogen-bond donors (Lipinski definition) is 4. The molecule has 3 rings (SSSR count). The summed E-state index contributed by atoms with van der Waals surface area (Å²) in [5, 5.41) is 16.0. The SMILES string of the molecule is CCCC(CCO)Nc1cc(N)nc(Cc2ccc(C(=O)N3CCNCC3)cc2)c1. The smallest absolute Gasteiger partial charge is 0.253 e. The minimum Gasteiger partial charge on any atom is -0.396 e. The van der Waals surface area contributed by atoms with Crippen LogP contribution in [0.1, 0.15) is 47.8 Å². The Morgan fingerprint density at radius 1 is 1.23 bits per heavy atom. The molecule has 162 valence electrons. The number of aliphatic hydroxyl groups is 1. The molecular formula is C23H33N5O2. The summed E-state index contributed by atoms with van der Waals surface area (Å²) < 4.78 is 0. The second kappa shape index (κ2) is 10.9. The van der Waals surface area contributed by atoms with Crippen molar-refractivity contribution in [3.05, 3.63) is 53.2 Å². The van der Waals surface area contributed by atoms with E-state index < -0.39 is 0 Å². The van der Waals surface area contributed by atoms with E-state index in [1.165, 1.54) is 0 Å². The fourth-order valence-corrected chi connectivity index (χ4v) is 3.84. The molecule has 30 heavy (non-hydrogen) atoms. The molecule has 1 atom stereocenters. The lowest BCUT2D eigenvalue weighted by Gasteiger charge is -2.27. The molecule has 7 heteroatoms. The van der Waals surface area contributed by atoms with Crippen molar-refractivity contribution in [2.24, 2.45) is 0 Å². The highest BCUT2D eigenvalue weighted by Crippen LogP contribution is 2.19. The van der Waals surface area contributed by atoms with E-state index in [2.05, 4.69) is 22.5 Å². The van der Waals surface area contributed by atoms with Gasteiger partial charge in [0.15, 0.2) is 0 Å². The molecule has 2 aromatic rings. The van der Waals surface area contributed by atoms with Crippen molar-refractivity contribution in [3.8, 4) is 0 Å². The average Bonchev–Trinajstić information content (AvgIpc) is 2.74. The van der Waals surface area contributed by atoms with Gasteiger partial charge in [-0.25, -0.2) is 4.98 Å². The van der Waals surface area contributed by atoms with Crippen molar-refractivity contribution < 1.29 is 9.90 Å². The number of hydrogen-bond acceptors (Lipinski definition) is 6. The van der Waals surface area contributed by atoms with E-state index in [0.29, 0.717) is 18.7 Å². The molecule has 1 unspecified atom stereocenters. The van der Waals surface area contributed by atoms with Crippen molar-refractivity contribution in [1.29, 1.82) is 0 Å². The van der Waals surface area contributed by atoms with Gasteiger partial charge in [-0.15, -0.1) is 0 Å². The third kappa shape index (κ3) is 6.18. The molecule has 1 amide bonds. The Morgan fingerprint density at radius 3 is 2.63 bits per heavy atom. The lowest BCUT2D eigenvalue weighted by molar-refractivity contribution is 0.0736. The van der Waals surface area contributed by atoms with Gasteiger partial charge < -0.3 is 26.4 Å². The number of rotatable bonds is 9. The van der Waals surface area contributed by atoms with Crippen molar-refractivity contribution in [2.75, 3.05) is 43.8 Å². The Kier molecular flexibility index (Phi) is 8.04. The Hall–Kier alpha value is -2.64. The molecule has 1 fully saturated rings. The highest BCUT2D eigenvalue weighted by molar-refractivity contribution is 5.94. The van der Waals surface area contributed by atoms with Crippen molar-refractivity contribution in [2.45, 2.75) is 38.6 Å². The number of aliphatic hydroxyl groups excluding tert-OH is 1. The van der Waals surface area contributed by atoms with Crippen LogP contribution in [0.15, 0.2) is 36.4 Å². The molecule has 1 aromatic heterocycles. The van der Waals surface area contributed by atoms with E-state index in [0.717, 1.165) is 61.5 Å². The zero-order valence-corrected chi connectivity index (χ0v) is 17.7. The van der Waals surface area contributed by atoms with Gasteiger partial charge in [-0.3, -0.25) is 4.79 Å². The van der Waals surface area contributed by atoms with E-state index in [1.54, 1.807) is 0 Å². The Morgan fingerprint density at radius 2 is 1.97 bits per heavy atom. The number of pyridine rings is 1. The van der Waals surface area contributed by atoms with Gasteiger partial charge in [0.25, 0.3) is 5.91 Å². The standard InChI is InChI=1S/C23H33N5O2/c1-2-3-19(8-13-29)26-21-15-20(27-22(24)16-21)14-17-4-6-18(7-5-17)23(30)28-11-9-25-10-12-28/h4-7,15-16,19,25,29H,2-3,8-14H2,1H3,(H3,24,26,27). The number of anilines is 2. The van der Waals surface area contributed by atoms with E-state index in [9.17, 15) is 9.90 Å². The molecule has 1 aliphatic heterocycles. The number of piperazine rings is 1. The lowest BCUT2D eigenvalue weighted by atomic mass is 10.0. The first-order valence-electron chi connectivity index (χ1n) is 10.8. The van der Waals surface area contributed by atoms with Crippen molar-refractivity contribution >= 4 is 17.4 Å². The van der Waals surface area contributed by atoms with E-state index >= 15 is 0 Å². The summed E-state index contributed by atoms with van der Waals surface area (Å²) >= 11 is 0. The Bertz CT molecular complexity index is 813. The highest BCUT2D eigenvalue weighted by Gasteiger charge is 2.17. The highest BCUT2D eigenvalue weighted by atomic mass is 16.3. The summed E-state index contributed by atoms with van der Waals surface area (Å²) in [4.78, 5) is 19.0. The fourth-order valence-electron chi connectivity index (χ4n) is 3.84. The third-order valence-electron chi connectivity index (χ3n) is 5.37. The number of amides is 1. The normalized spacial score (nSPS) is 15.1. The molecule has 5 N–H and O–H groups in total. The van der Waals surface area contributed by atoms with Gasteiger partial charge in [0.05, 0.1) is 0 Å². The lowest BCUT2D eigenvalue weighted by Crippen LogP contribution is -2.46. The predicted molar refractivity (Wildman–Crippen MR) is 121 cm³/mol. The monoisotopic (exact) mass is 411 g/mol. The van der Waals surface area contributed by atoms with E-state index in [1.807, 2.05) is 41.3 Å². The van der Waals surface area contributed by atoms with E-state index in [4.69, 9.17) is 5.73 Å². The van der Waals surface area contributed by atoms with Crippen LogP contribution in [-0.2, 0) is 6.42 Å². The number of carbonyl (C=O) groups excluding carboxylic acids is 1. The van der Waals surface area contributed by atoms with Crippen LogP contribution < -0.4 is 16.4 Å². The summed E-state index contributed by atoms with van der Waals surface area (Å²) in [6.45, 7) is 5.48. The van der Waals surface area contributed by atoms with Gasteiger partial charge in [0.2, 0.25) is 0 Å². The molecule has 0 saturated carbocycles. The minimum atomic E-state index is 0.0856. The summed E-state index contributed by atoms with van der Waals surface area (Å²) in [6.07, 6.45) is 3.37. The molecule has 0 radical (unpaired) electrons. The largest absolute Gasteiger partial charge is 0.396 e. The maximum Gasteiger partial charge on any atom is 0.253 e. The second-order valence-corrected chi connectivity index (χ2v) is 7.83. The first-order chi connectivity index (χ1) is 14.6. The molecule has 1 saturated heterocycles. The first-order valence-corrected chi connectivity index (χ1v) is 10.8. The number of aromatic nitrogens is 1. The third-order valence-corrected chi connectivity index (χ3v) is 5.37. The zero-order chi connectivity index (χ0) is 21.3. The van der Waals surface area contributed by atoms with Gasteiger partial charge in [0.1, 0.15) is 5.82 Å². The van der Waals surface area contributed by atoms with Gasteiger partial charge in [-0.2, -0.15) is 0 Å². The number of carbonyl (C=O) groups is 1. The van der Waals surface area contributed by atoms with Crippen LogP contribution in [0.2, 0.25) is 0 Å². The number of nitrogen functional groups attached to an aromatic ring is 1. The molecule has 1 aliphatic rings. The average molecular weight is 412 g/mol. The molecule has 0 bridgehead atoms. The summed E-state index contributed by atoms with van der Waals surface area (Å²) in [7, 11) is 0. The first kappa shape index (κ1) is 22.1. The predicted octanol–water partition coefficient (Wildman–Crippen LogP) is 2.26. The summed E-state index contributed by atoms with van der Waals surface area (Å²) in [5.74, 6) is 0.558. The number of nitrogens with zero attached hydrogens (tertiary/aromatic N) is 2. The van der Waals surface area contributed by atoms with Crippen LogP contribution in [0, 0.1) is 0 Å². The number of nitrogens with one attached hydrogen (secondary N) is 2. The van der Waals surface area contributed by atoms with Crippen LogP contribution in [-0.4, -0.2) is 59.7 Å². The van der Waals surface area contributed by atoms with E-state index in [-0.39, 0.29) is 18.6 Å². The Balaban J connectivity index is 1.66. The van der Waals surface area contributed by atoms with Gasteiger partial charge >= 0.3 is 0 Å². The molecule has 7 nitrogen and oxygen atoms in total. The fraction of sp³-hybridized carbons (Fsp3) is 0.478. The molecular weight excluding hydrogens is 378 g/mol. The molecule has 2 heterocycles. The minimum absolute atomic E-state index is 0.0856. The van der Waals surface area contributed by atoms with Crippen LogP contribution >= 0.6 is 0 Å². The maximum atomic E-state index is 12.6. The summed E-state index contributed by atoms with van der Waals surface area (Å²) in [5.41, 5.74) is 9.62. The van der Waals surface area contributed by atoms with Crippen LogP contribution in [0.5, 0.6) is 0 Å². The number of nitrogens with two attached hydrogens (primary N) is 1. The van der Waals surface area contributed by atoms with Gasteiger partial charge in [0, 0.05) is 68.3 Å². The maximum absolute atomic E-state index is 12.6. The second-order valence-electron chi connectivity index (χ2n) is 7.83.